The van der Waals surface area contributed by atoms with Gasteiger partial charge in [-0.05, 0) is 64.9 Å². The van der Waals surface area contributed by atoms with Crippen LogP contribution in [0.4, 0.5) is 0 Å². The third kappa shape index (κ3) is 2.60. The van der Waals surface area contributed by atoms with Crippen molar-refractivity contribution in [2.45, 2.75) is 25.7 Å². The summed E-state index contributed by atoms with van der Waals surface area (Å²) in [6.45, 7) is 5.44. The van der Waals surface area contributed by atoms with Crippen molar-refractivity contribution in [1.29, 1.82) is 0 Å². The van der Waals surface area contributed by atoms with E-state index in [9.17, 15) is 0 Å². The molecule has 0 heteroatoms. The summed E-state index contributed by atoms with van der Waals surface area (Å²) in [5.41, 5.74) is 1.45. The van der Waals surface area contributed by atoms with Crippen molar-refractivity contribution >= 4 is 21.5 Å². The zero-order valence-corrected chi connectivity index (χ0v) is 11.7. The van der Waals surface area contributed by atoms with Crippen molar-refractivity contribution in [3.8, 4) is 0 Å². The molecule has 1 radical (unpaired) electrons. The lowest BCUT2D eigenvalue weighted by molar-refractivity contribution is 0.750. The fraction of sp³-hybridized carbons (Fsp3) is 0.200. The molecule has 0 bridgehead atoms. The van der Waals surface area contributed by atoms with Crippen LogP contribution in [0.5, 0.6) is 0 Å². The maximum Gasteiger partial charge on any atom is -0.0146 e. The first-order valence-electron chi connectivity index (χ1n) is 7.32. The number of allylic oxidation sites excluding steroid dienone is 1. The maximum atomic E-state index is 5.44. The Morgan fingerprint density at radius 2 is 1.55 bits per heavy atom. The van der Waals surface area contributed by atoms with Crippen LogP contribution in [0.3, 0.4) is 0 Å². The van der Waals surface area contributed by atoms with Crippen molar-refractivity contribution in [2.75, 3.05) is 0 Å². The fourth-order valence-corrected chi connectivity index (χ4v) is 2.83. The Morgan fingerprint density at radius 3 is 2.35 bits per heavy atom. The summed E-state index contributed by atoms with van der Waals surface area (Å²) in [7, 11) is 0. The SMILES string of the molecule is [CH]=CCCCCc1cccc2cc3ccccc3cc12. The topological polar surface area (TPSA) is 0 Å². The molecule has 0 aliphatic carbocycles. The van der Waals surface area contributed by atoms with Crippen molar-refractivity contribution < 1.29 is 0 Å². The zero-order chi connectivity index (χ0) is 13.8. The normalized spacial score (nSPS) is 11.0. The van der Waals surface area contributed by atoms with E-state index < -0.39 is 0 Å². The standard InChI is InChI=1S/C20H19/c1-2-3-4-5-9-16-12-8-13-19-14-17-10-6-7-11-18(17)15-20(16)19/h1-2,6-8,10-15H,3-5,9H2. The Hall–Kier alpha value is -2.08. The lowest BCUT2D eigenvalue weighted by atomic mass is 9.97. The van der Waals surface area contributed by atoms with Gasteiger partial charge in [-0.25, -0.2) is 0 Å². The largest absolute Gasteiger partial charge is 0.0845 e. The molecule has 0 saturated heterocycles. The molecule has 20 heavy (non-hydrogen) atoms. The summed E-state index contributed by atoms with van der Waals surface area (Å²) in [5.74, 6) is 0. The minimum Gasteiger partial charge on any atom is -0.0845 e. The second kappa shape index (κ2) is 5.92. The van der Waals surface area contributed by atoms with Crippen LogP contribution in [-0.4, -0.2) is 0 Å². The average molecular weight is 259 g/mol. The number of hydrogen-bond acceptors (Lipinski definition) is 0. The minimum absolute atomic E-state index is 1.01. The molecule has 0 aliphatic heterocycles. The van der Waals surface area contributed by atoms with E-state index in [1.807, 2.05) is 0 Å². The summed E-state index contributed by atoms with van der Waals surface area (Å²) in [5, 5.41) is 5.37. The molecule has 0 fully saturated rings. The first-order valence-corrected chi connectivity index (χ1v) is 7.32. The molecule has 0 saturated carbocycles. The third-order valence-corrected chi connectivity index (χ3v) is 3.90. The first-order chi connectivity index (χ1) is 9.88. The Bertz CT molecular complexity index is 737. The highest BCUT2D eigenvalue weighted by Crippen LogP contribution is 2.26. The van der Waals surface area contributed by atoms with Gasteiger partial charge >= 0.3 is 0 Å². The molecule has 3 aromatic rings. The lowest BCUT2D eigenvalue weighted by Crippen LogP contribution is -1.88. The van der Waals surface area contributed by atoms with Gasteiger partial charge in [0.15, 0.2) is 0 Å². The molecule has 3 aromatic carbocycles. The van der Waals surface area contributed by atoms with Crippen molar-refractivity contribution in [1.82, 2.24) is 0 Å². The van der Waals surface area contributed by atoms with E-state index in [0.717, 1.165) is 12.8 Å². The van der Waals surface area contributed by atoms with Gasteiger partial charge in [0, 0.05) is 0 Å². The number of unbranched alkanes of at least 4 members (excludes halogenated alkanes) is 2. The molecule has 0 aliphatic rings. The predicted octanol–water partition coefficient (Wildman–Crippen LogP) is 5.69. The smallest absolute Gasteiger partial charge is 0.0146 e. The van der Waals surface area contributed by atoms with Crippen molar-refractivity contribution in [3.63, 3.8) is 0 Å². The van der Waals surface area contributed by atoms with E-state index in [1.54, 1.807) is 6.08 Å². The summed E-state index contributed by atoms with van der Waals surface area (Å²) in [6.07, 6.45) is 6.26. The van der Waals surface area contributed by atoms with Gasteiger partial charge in [0.25, 0.3) is 0 Å². The van der Waals surface area contributed by atoms with Gasteiger partial charge in [-0.3, -0.25) is 0 Å². The van der Waals surface area contributed by atoms with Crippen LogP contribution in [0.15, 0.2) is 60.7 Å². The highest BCUT2D eigenvalue weighted by Gasteiger charge is 2.03. The van der Waals surface area contributed by atoms with Crippen LogP contribution < -0.4 is 0 Å². The maximum absolute atomic E-state index is 5.44. The quantitative estimate of drug-likeness (QED) is 0.407. The van der Waals surface area contributed by atoms with Crippen LogP contribution in [0.2, 0.25) is 0 Å². The molecule has 0 aromatic heterocycles. The number of benzene rings is 3. The molecule has 0 unspecified atom stereocenters. The molecule has 0 nitrogen and oxygen atoms in total. The first kappa shape index (κ1) is 12.9. The Kier molecular flexibility index (Phi) is 3.83. The molecule has 99 valence electrons. The Balaban J connectivity index is 1.99. The molecule has 0 N–H and O–H groups in total. The highest BCUT2D eigenvalue weighted by molar-refractivity contribution is 5.99. The number of aryl methyl sites for hydroxylation is 1. The summed E-state index contributed by atoms with van der Waals surface area (Å²) in [4.78, 5) is 0. The van der Waals surface area contributed by atoms with E-state index in [-0.39, 0.29) is 0 Å². The van der Waals surface area contributed by atoms with Gasteiger partial charge in [-0.2, -0.15) is 0 Å². The molecular formula is C20H19. The number of rotatable bonds is 5. The second-order valence-corrected chi connectivity index (χ2v) is 5.32. The lowest BCUT2D eigenvalue weighted by Gasteiger charge is -2.08. The van der Waals surface area contributed by atoms with Crippen LogP contribution in [0.1, 0.15) is 24.8 Å². The average Bonchev–Trinajstić information content (AvgIpc) is 2.50. The molecule has 0 spiro atoms. The van der Waals surface area contributed by atoms with Gasteiger partial charge in [0.1, 0.15) is 0 Å². The summed E-state index contributed by atoms with van der Waals surface area (Å²) >= 11 is 0. The fourth-order valence-electron chi connectivity index (χ4n) is 2.83. The predicted molar refractivity (Wildman–Crippen MR) is 87.9 cm³/mol. The van der Waals surface area contributed by atoms with Crippen LogP contribution in [0.25, 0.3) is 21.5 Å². The highest BCUT2D eigenvalue weighted by atomic mass is 14.1. The third-order valence-electron chi connectivity index (χ3n) is 3.90. The minimum atomic E-state index is 1.01. The summed E-state index contributed by atoms with van der Waals surface area (Å²) < 4.78 is 0. The number of hydrogen-bond donors (Lipinski definition) is 0. The van der Waals surface area contributed by atoms with Crippen molar-refractivity contribution in [3.05, 3.63) is 72.8 Å². The zero-order valence-electron chi connectivity index (χ0n) is 11.7. The molecule has 3 rings (SSSR count). The molecule has 0 amide bonds. The van der Waals surface area contributed by atoms with Crippen molar-refractivity contribution in [2.24, 2.45) is 0 Å². The second-order valence-electron chi connectivity index (χ2n) is 5.32. The van der Waals surface area contributed by atoms with Gasteiger partial charge < -0.3 is 0 Å². The van der Waals surface area contributed by atoms with Crippen LogP contribution in [-0.2, 0) is 6.42 Å². The molecule has 0 heterocycles. The summed E-state index contributed by atoms with van der Waals surface area (Å²) in [6, 6.07) is 19.8. The van der Waals surface area contributed by atoms with E-state index in [2.05, 4.69) is 54.6 Å². The van der Waals surface area contributed by atoms with Crippen LogP contribution in [0, 0.1) is 6.58 Å². The van der Waals surface area contributed by atoms with Gasteiger partial charge in [0.05, 0.1) is 0 Å². The van der Waals surface area contributed by atoms with Gasteiger partial charge in [-0.1, -0.05) is 55.1 Å². The monoisotopic (exact) mass is 259 g/mol. The molecular weight excluding hydrogens is 240 g/mol. The van der Waals surface area contributed by atoms with E-state index in [1.165, 1.54) is 39.9 Å². The van der Waals surface area contributed by atoms with Gasteiger partial charge in [-0.15, -0.1) is 0 Å². The van der Waals surface area contributed by atoms with Crippen LogP contribution >= 0.6 is 0 Å². The van der Waals surface area contributed by atoms with E-state index in [0.29, 0.717) is 0 Å². The van der Waals surface area contributed by atoms with E-state index in [4.69, 9.17) is 6.58 Å². The molecule has 0 atom stereocenters. The number of fused-ring (bicyclic) bond motifs is 2. The Labute approximate surface area is 120 Å². The Morgan fingerprint density at radius 1 is 0.800 bits per heavy atom. The van der Waals surface area contributed by atoms with Gasteiger partial charge in [0.2, 0.25) is 0 Å². The van der Waals surface area contributed by atoms with E-state index >= 15 is 0 Å².